The second-order valence-corrected chi connectivity index (χ2v) is 3.89. The van der Waals surface area contributed by atoms with Crippen LogP contribution in [0.15, 0.2) is 12.4 Å². The lowest BCUT2D eigenvalue weighted by Crippen LogP contribution is -2.42. The van der Waals surface area contributed by atoms with Crippen LogP contribution in [0.3, 0.4) is 0 Å². The van der Waals surface area contributed by atoms with Gasteiger partial charge in [0.2, 0.25) is 0 Å². The molecule has 16 heavy (non-hydrogen) atoms. The Bertz CT molecular complexity index is 356. The van der Waals surface area contributed by atoms with E-state index in [0.29, 0.717) is 18.9 Å². The van der Waals surface area contributed by atoms with E-state index < -0.39 is 0 Å². The van der Waals surface area contributed by atoms with Crippen LogP contribution in [-0.4, -0.2) is 41.1 Å². The molecule has 5 heteroatoms. The van der Waals surface area contributed by atoms with Gasteiger partial charge in [-0.05, 0) is 6.92 Å². The monoisotopic (exact) mass is 223 g/mol. The molecule has 2 rings (SSSR count). The van der Waals surface area contributed by atoms with E-state index >= 15 is 0 Å². The summed E-state index contributed by atoms with van der Waals surface area (Å²) in [6.07, 6.45) is 3.95. The number of rotatable bonds is 4. The Morgan fingerprint density at radius 2 is 2.62 bits per heavy atom. The first-order valence-corrected chi connectivity index (χ1v) is 5.66. The highest BCUT2D eigenvalue weighted by molar-refractivity contribution is 5.93. The average molecular weight is 223 g/mol. The number of carbonyl (C=O) groups excluding carboxylic acids is 1. The van der Waals surface area contributed by atoms with E-state index in [4.69, 9.17) is 4.74 Å². The number of hydrogen-bond acceptors (Lipinski definition) is 4. The standard InChI is InChI=1S/C11H17N3O2/c1-2-14-5-3-13-11(14)10(15)7-9-8-16-6-4-12-9/h3,5,9,12H,2,4,6-8H2,1H3. The molecule has 0 saturated carbocycles. The first kappa shape index (κ1) is 11.3. The van der Waals surface area contributed by atoms with Gasteiger partial charge in [-0.1, -0.05) is 0 Å². The van der Waals surface area contributed by atoms with Crippen molar-refractivity contribution in [3.8, 4) is 0 Å². The molecule has 0 spiro atoms. The number of aryl methyl sites for hydroxylation is 1. The summed E-state index contributed by atoms with van der Waals surface area (Å²) < 4.78 is 7.18. The van der Waals surface area contributed by atoms with Crippen molar-refractivity contribution in [1.29, 1.82) is 0 Å². The van der Waals surface area contributed by atoms with Crippen molar-refractivity contribution in [3.63, 3.8) is 0 Å². The highest BCUT2D eigenvalue weighted by atomic mass is 16.5. The van der Waals surface area contributed by atoms with Gasteiger partial charge in [-0.3, -0.25) is 4.79 Å². The minimum atomic E-state index is 0.0786. The van der Waals surface area contributed by atoms with Crippen LogP contribution in [0.2, 0.25) is 0 Å². The highest BCUT2D eigenvalue weighted by Crippen LogP contribution is 2.06. The third kappa shape index (κ3) is 2.48. The maximum Gasteiger partial charge on any atom is 0.199 e. The van der Waals surface area contributed by atoms with E-state index in [0.717, 1.165) is 19.7 Å². The summed E-state index contributed by atoms with van der Waals surface area (Å²) in [5.74, 6) is 0.629. The fourth-order valence-electron chi connectivity index (χ4n) is 1.88. The summed E-state index contributed by atoms with van der Waals surface area (Å²) in [7, 11) is 0. The Balaban J connectivity index is 1.96. The summed E-state index contributed by atoms with van der Waals surface area (Å²) >= 11 is 0. The van der Waals surface area contributed by atoms with Crippen LogP contribution in [0, 0.1) is 0 Å². The predicted molar refractivity (Wildman–Crippen MR) is 59.5 cm³/mol. The molecule has 0 radical (unpaired) electrons. The van der Waals surface area contributed by atoms with E-state index in [1.807, 2.05) is 17.7 Å². The second-order valence-electron chi connectivity index (χ2n) is 3.89. The zero-order valence-corrected chi connectivity index (χ0v) is 9.48. The molecule has 1 fully saturated rings. The van der Waals surface area contributed by atoms with Crippen LogP contribution in [0.1, 0.15) is 24.0 Å². The number of carbonyl (C=O) groups is 1. The topological polar surface area (TPSA) is 56.2 Å². The zero-order chi connectivity index (χ0) is 11.4. The predicted octanol–water partition coefficient (Wildman–Crippen LogP) is 0.464. The molecule has 0 aromatic carbocycles. The second kappa shape index (κ2) is 5.23. The first-order valence-electron chi connectivity index (χ1n) is 5.66. The van der Waals surface area contributed by atoms with Crippen LogP contribution in [-0.2, 0) is 11.3 Å². The molecule has 0 bridgehead atoms. The van der Waals surface area contributed by atoms with Gasteiger partial charge in [0, 0.05) is 37.9 Å². The molecule has 1 N–H and O–H groups in total. The van der Waals surface area contributed by atoms with E-state index in [1.165, 1.54) is 0 Å². The van der Waals surface area contributed by atoms with Gasteiger partial charge in [0.1, 0.15) is 0 Å². The molecular formula is C11H17N3O2. The molecule has 88 valence electrons. The lowest BCUT2D eigenvalue weighted by atomic mass is 10.1. The molecule has 1 aliphatic rings. The zero-order valence-electron chi connectivity index (χ0n) is 9.48. The van der Waals surface area contributed by atoms with Gasteiger partial charge in [-0.15, -0.1) is 0 Å². The van der Waals surface area contributed by atoms with Crippen molar-refractivity contribution in [2.75, 3.05) is 19.8 Å². The van der Waals surface area contributed by atoms with Crippen molar-refractivity contribution in [1.82, 2.24) is 14.9 Å². The number of hydrogen-bond donors (Lipinski definition) is 1. The number of aromatic nitrogens is 2. The van der Waals surface area contributed by atoms with Gasteiger partial charge < -0.3 is 14.6 Å². The maximum atomic E-state index is 12.0. The van der Waals surface area contributed by atoms with Crippen LogP contribution in [0.25, 0.3) is 0 Å². The van der Waals surface area contributed by atoms with Crippen LogP contribution in [0.4, 0.5) is 0 Å². The Hall–Kier alpha value is -1.20. The minimum absolute atomic E-state index is 0.0786. The lowest BCUT2D eigenvalue weighted by Gasteiger charge is -2.22. The number of imidazole rings is 1. The SMILES string of the molecule is CCn1ccnc1C(=O)CC1COCCN1. The van der Waals surface area contributed by atoms with Crippen LogP contribution < -0.4 is 5.32 Å². The van der Waals surface area contributed by atoms with Crippen LogP contribution in [0.5, 0.6) is 0 Å². The Labute approximate surface area is 94.8 Å². The number of morpholine rings is 1. The Morgan fingerprint density at radius 1 is 1.75 bits per heavy atom. The van der Waals surface area contributed by atoms with Crippen molar-refractivity contribution >= 4 is 5.78 Å². The van der Waals surface area contributed by atoms with Gasteiger partial charge in [-0.25, -0.2) is 4.98 Å². The van der Waals surface area contributed by atoms with E-state index in [-0.39, 0.29) is 11.8 Å². The molecule has 1 aromatic rings. The van der Waals surface area contributed by atoms with Gasteiger partial charge >= 0.3 is 0 Å². The average Bonchev–Trinajstić information content (AvgIpc) is 2.78. The van der Waals surface area contributed by atoms with E-state index in [2.05, 4.69) is 10.3 Å². The molecule has 1 atom stereocenters. The Kier molecular flexibility index (Phi) is 3.69. The lowest BCUT2D eigenvalue weighted by molar-refractivity contribution is 0.0670. The molecule has 1 unspecified atom stereocenters. The van der Waals surface area contributed by atoms with Crippen molar-refractivity contribution in [3.05, 3.63) is 18.2 Å². The van der Waals surface area contributed by atoms with Crippen molar-refractivity contribution < 1.29 is 9.53 Å². The fraction of sp³-hybridized carbons (Fsp3) is 0.636. The molecule has 1 aliphatic heterocycles. The van der Waals surface area contributed by atoms with Crippen LogP contribution >= 0.6 is 0 Å². The van der Waals surface area contributed by atoms with Crippen molar-refractivity contribution in [2.24, 2.45) is 0 Å². The largest absolute Gasteiger partial charge is 0.378 e. The number of ketones is 1. The molecule has 5 nitrogen and oxygen atoms in total. The molecule has 1 aromatic heterocycles. The number of ether oxygens (including phenoxy) is 1. The quantitative estimate of drug-likeness (QED) is 0.754. The molecular weight excluding hydrogens is 206 g/mol. The molecule has 2 heterocycles. The van der Waals surface area contributed by atoms with E-state index in [9.17, 15) is 4.79 Å². The Morgan fingerprint density at radius 3 is 3.31 bits per heavy atom. The van der Waals surface area contributed by atoms with Crippen molar-refractivity contribution in [2.45, 2.75) is 25.9 Å². The fourth-order valence-corrected chi connectivity index (χ4v) is 1.88. The number of nitrogens with one attached hydrogen (secondary N) is 1. The van der Waals surface area contributed by atoms with Gasteiger partial charge in [0.15, 0.2) is 11.6 Å². The minimum Gasteiger partial charge on any atom is -0.378 e. The summed E-state index contributed by atoms with van der Waals surface area (Å²) in [6, 6.07) is 0.128. The number of nitrogens with zero attached hydrogens (tertiary/aromatic N) is 2. The summed E-state index contributed by atoms with van der Waals surface area (Å²) in [6.45, 7) is 4.93. The summed E-state index contributed by atoms with van der Waals surface area (Å²) in [5, 5.41) is 3.27. The normalized spacial score (nSPS) is 20.9. The smallest absolute Gasteiger partial charge is 0.199 e. The molecule has 0 aliphatic carbocycles. The first-order chi connectivity index (χ1) is 7.81. The third-order valence-electron chi connectivity index (χ3n) is 2.74. The van der Waals surface area contributed by atoms with Gasteiger partial charge in [0.25, 0.3) is 0 Å². The molecule has 1 saturated heterocycles. The highest BCUT2D eigenvalue weighted by Gasteiger charge is 2.20. The van der Waals surface area contributed by atoms with Gasteiger partial charge in [-0.2, -0.15) is 0 Å². The summed E-state index contributed by atoms with van der Waals surface area (Å²) in [5.41, 5.74) is 0. The van der Waals surface area contributed by atoms with Gasteiger partial charge in [0.05, 0.1) is 13.2 Å². The maximum absolute atomic E-state index is 12.0. The summed E-state index contributed by atoms with van der Waals surface area (Å²) in [4.78, 5) is 16.1. The number of Topliss-reactive ketones (excluding diaryl/α,β-unsaturated/α-hetero) is 1. The third-order valence-corrected chi connectivity index (χ3v) is 2.74. The molecule has 0 amide bonds. The van der Waals surface area contributed by atoms with E-state index in [1.54, 1.807) is 6.20 Å².